The van der Waals surface area contributed by atoms with E-state index in [-0.39, 0.29) is 0 Å². The Morgan fingerprint density at radius 2 is 1.82 bits per heavy atom. The van der Waals surface area contributed by atoms with Crippen molar-refractivity contribution >= 4 is 12.1 Å². The number of hydrogen-bond acceptors (Lipinski definition) is 5. The summed E-state index contributed by atoms with van der Waals surface area (Å²) in [7, 11) is 0. The Hall–Kier alpha value is -2.08. The second-order valence-corrected chi connectivity index (χ2v) is 5.87. The highest BCUT2D eigenvalue weighted by molar-refractivity contribution is 5.69. The molecule has 0 spiro atoms. The molecule has 0 saturated heterocycles. The summed E-state index contributed by atoms with van der Waals surface area (Å²) in [6, 6.07) is 8.25. The maximum Gasteiger partial charge on any atom is 0.408 e. The zero-order chi connectivity index (χ0) is 16.8. The number of benzene rings is 1. The van der Waals surface area contributed by atoms with Crippen LogP contribution >= 0.6 is 0 Å². The van der Waals surface area contributed by atoms with E-state index in [9.17, 15) is 14.7 Å². The lowest BCUT2D eigenvalue weighted by Crippen LogP contribution is -2.42. The maximum absolute atomic E-state index is 12.0. The van der Waals surface area contributed by atoms with Gasteiger partial charge in [0.25, 0.3) is 0 Å². The summed E-state index contributed by atoms with van der Waals surface area (Å²) in [5.74, 6) is -0.536. The Labute approximate surface area is 130 Å². The molecule has 22 heavy (non-hydrogen) atoms. The first kappa shape index (κ1) is 18.0. The molecule has 0 aliphatic heterocycles. The number of rotatable bonds is 5. The molecule has 0 fully saturated rings. The number of aliphatic hydroxyl groups is 1. The van der Waals surface area contributed by atoms with E-state index in [0.29, 0.717) is 5.56 Å². The SMILES string of the molecule is CC(=O)O[C@H](CO)[C@@H](NC(=O)OC(C)(C)C)c1ccccc1. The summed E-state index contributed by atoms with van der Waals surface area (Å²) in [6.07, 6.45) is -1.54. The molecule has 0 radical (unpaired) electrons. The van der Waals surface area contributed by atoms with Crippen molar-refractivity contribution in [2.75, 3.05) is 6.61 Å². The van der Waals surface area contributed by atoms with Crippen LogP contribution in [0.3, 0.4) is 0 Å². The molecule has 1 aromatic carbocycles. The van der Waals surface area contributed by atoms with Crippen molar-refractivity contribution < 1.29 is 24.2 Å². The van der Waals surface area contributed by atoms with Crippen LogP contribution in [-0.2, 0) is 14.3 Å². The minimum absolute atomic E-state index is 0.422. The van der Waals surface area contributed by atoms with Gasteiger partial charge in [0.05, 0.1) is 12.6 Å². The second kappa shape index (κ2) is 7.79. The number of hydrogen-bond donors (Lipinski definition) is 2. The fraction of sp³-hybridized carbons (Fsp3) is 0.500. The first-order valence-electron chi connectivity index (χ1n) is 7.05. The molecule has 0 unspecified atom stereocenters. The van der Waals surface area contributed by atoms with E-state index < -0.39 is 36.4 Å². The van der Waals surface area contributed by atoms with Crippen LogP contribution in [0, 0.1) is 0 Å². The van der Waals surface area contributed by atoms with E-state index in [4.69, 9.17) is 9.47 Å². The van der Waals surface area contributed by atoms with E-state index in [1.54, 1.807) is 45.0 Å². The first-order chi connectivity index (χ1) is 10.2. The molecule has 0 aliphatic carbocycles. The fourth-order valence-corrected chi connectivity index (χ4v) is 1.91. The Morgan fingerprint density at radius 1 is 1.23 bits per heavy atom. The number of ether oxygens (including phenoxy) is 2. The van der Waals surface area contributed by atoms with Crippen LogP contribution in [0.15, 0.2) is 30.3 Å². The van der Waals surface area contributed by atoms with E-state index in [0.717, 1.165) is 0 Å². The van der Waals surface area contributed by atoms with Crippen molar-refractivity contribution in [2.24, 2.45) is 0 Å². The maximum atomic E-state index is 12.0. The Kier molecular flexibility index (Phi) is 6.37. The number of amides is 1. The molecule has 2 atom stereocenters. The summed E-state index contributed by atoms with van der Waals surface area (Å²) >= 11 is 0. The molecule has 0 aromatic heterocycles. The van der Waals surface area contributed by atoms with E-state index in [1.807, 2.05) is 6.07 Å². The van der Waals surface area contributed by atoms with Crippen LogP contribution in [0.2, 0.25) is 0 Å². The molecule has 1 rings (SSSR count). The molecule has 2 N–H and O–H groups in total. The smallest absolute Gasteiger partial charge is 0.408 e. The number of aliphatic hydroxyl groups excluding tert-OH is 1. The van der Waals surface area contributed by atoms with E-state index >= 15 is 0 Å². The molecule has 0 aliphatic rings. The fourth-order valence-electron chi connectivity index (χ4n) is 1.91. The summed E-state index contributed by atoms with van der Waals surface area (Å²) in [5.41, 5.74) is 0.0511. The standard InChI is InChI=1S/C16H23NO5/c1-11(19)21-13(10-18)14(12-8-6-5-7-9-12)17-15(20)22-16(2,3)4/h5-9,13-14,18H,10H2,1-4H3,(H,17,20)/t13-,14+/m1/s1. The highest BCUT2D eigenvalue weighted by atomic mass is 16.6. The van der Waals surface area contributed by atoms with Gasteiger partial charge >= 0.3 is 12.1 Å². The molecular formula is C16H23NO5. The van der Waals surface area contributed by atoms with Crippen LogP contribution in [0.5, 0.6) is 0 Å². The van der Waals surface area contributed by atoms with Gasteiger partial charge in [-0.05, 0) is 26.3 Å². The Bertz CT molecular complexity index is 495. The topological polar surface area (TPSA) is 84.9 Å². The van der Waals surface area contributed by atoms with Crippen LogP contribution in [-0.4, -0.2) is 35.5 Å². The zero-order valence-corrected chi connectivity index (χ0v) is 13.3. The lowest BCUT2D eigenvalue weighted by atomic mass is 10.0. The Balaban J connectivity index is 2.96. The summed E-state index contributed by atoms with van der Waals surface area (Å²) < 4.78 is 10.3. The minimum atomic E-state index is -0.896. The lowest BCUT2D eigenvalue weighted by Gasteiger charge is -2.28. The first-order valence-corrected chi connectivity index (χ1v) is 7.05. The summed E-state index contributed by atoms with van der Waals surface area (Å²) in [5, 5.41) is 12.1. The van der Waals surface area contributed by atoms with Gasteiger partial charge in [0, 0.05) is 6.92 Å². The molecule has 6 nitrogen and oxygen atoms in total. The number of alkyl carbamates (subject to hydrolysis) is 1. The van der Waals surface area contributed by atoms with Crippen LogP contribution in [0.4, 0.5) is 4.79 Å². The molecule has 122 valence electrons. The number of nitrogens with one attached hydrogen (secondary N) is 1. The van der Waals surface area contributed by atoms with E-state index in [2.05, 4.69) is 5.32 Å². The van der Waals surface area contributed by atoms with Crippen LogP contribution < -0.4 is 5.32 Å². The number of esters is 1. The van der Waals surface area contributed by atoms with Gasteiger partial charge < -0.3 is 19.9 Å². The minimum Gasteiger partial charge on any atom is -0.458 e. The van der Waals surface area contributed by atoms with Crippen molar-refractivity contribution in [2.45, 2.75) is 45.4 Å². The van der Waals surface area contributed by atoms with Crippen molar-refractivity contribution in [3.8, 4) is 0 Å². The molecular weight excluding hydrogens is 286 g/mol. The zero-order valence-electron chi connectivity index (χ0n) is 13.3. The van der Waals surface area contributed by atoms with Crippen molar-refractivity contribution in [3.63, 3.8) is 0 Å². The highest BCUT2D eigenvalue weighted by Gasteiger charge is 2.29. The van der Waals surface area contributed by atoms with Gasteiger partial charge in [-0.15, -0.1) is 0 Å². The molecule has 1 aromatic rings. The molecule has 0 heterocycles. The number of carbonyl (C=O) groups is 2. The lowest BCUT2D eigenvalue weighted by molar-refractivity contribution is -0.150. The van der Waals surface area contributed by atoms with Gasteiger partial charge in [0.15, 0.2) is 0 Å². The Morgan fingerprint density at radius 3 is 2.27 bits per heavy atom. The predicted octanol–water partition coefficient (Wildman–Crippen LogP) is 2.18. The molecule has 0 saturated carbocycles. The quantitative estimate of drug-likeness (QED) is 0.814. The van der Waals surface area contributed by atoms with Crippen molar-refractivity contribution in [1.29, 1.82) is 0 Å². The van der Waals surface area contributed by atoms with Crippen LogP contribution in [0.1, 0.15) is 39.3 Å². The highest BCUT2D eigenvalue weighted by Crippen LogP contribution is 2.20. The van der Waals surface area contributed by atoms with Gasteiger partial charge in [-0.3, -0.25) is 4.79 Å². The average molecular weight is 309 g/mol. The molecule has 1 amide bonds. The van der Waals surface area contributed by atoms with Gasteiger partial charge in [-0.1, -0.05) is 30.3 Å². The molecule has 6 heteroatoms. The largest absolute Gasteiger partial charge is 0.458 e. The van der Waals surface area contributed by atoms with Gasteiger partial charge in [-0.2, -0.15) is 0 Å². The third-order valence-corrected chi connectivity index (χ3v) is 2.70. The average Bonchev–Trinajstić information content (AvgIpc) is 2.41. The molecule has 0 bridgehead atoms. The van der Waals surface area contributed by atoms with Gasteiger partial charge in [-0.25, -0.2) is 4.79 Å². The van der Waals surface area contributed by atoms with E-state index in [1.165, 1.54) is 6.92 Å². The third kappa shape index (κ3) is 6.13. The van der Waals surface area contributed by atoms with Crippen LogP contribution in [0.25, 0.3) is 0 Å². The second-order valence-electron chi connectivity index (χ2n) is 5.87. The normalized spacial score (nSPS) is 13.9. The van der Waals surface area contributed by atoms with Gasteiger partial charge in [0.1, 0.15) is 11.7 Å². The van der Waals surface area contributed by atoms with Gasteiger partial charge in [0.2, 0.25) is 0 Å². The third-order valence-electron chi connectivity index (χ3n) is 2.70. The monoisotopic (exact) mass is 309 g/mol. The summed E-state index contributed by atoms with van der Waals surface area (Å²) in [6.45, 7) is 6.08. The van der Waals surface area contributed by atoms with Crippen molar-refractivity contribution in [3.05, 3.63) is 35.9 Å². The van der Waals surface area contributed by atoms with Crippen molar-refractivity contribution in [1.82, 2.24) is 5.32 Å². The number of carbonyl (C=O) groups excluding carboxylic acids is 2. The summed E-state index contributed by atoms with van der Waals surface area (Å²) in [4.78, 5) is 23.2. The predicted molar refractivity (Wildman–Crippen MR) is 81.2 cm³/mol.